The number of rotatable bonds is 5. The van der Waals surface area contributed by atoms with Crippen molar-refractivity contribution in [3.05, 3.63) is 29.2 Å². The lowest BCUT2D eigenvalue weighted by Crippen LogP contribution is -2.32. The number of hydrogen-bond donors (Lipinski definition) is 2. The molecular formula is C11H17N3O2S2. The Morgan fingerprint density at radius 3 is 2.72 bits per heavy atom. The van der Waals surface area contributed by atoms with Gasteiger partial charge in [-0.15, -0.1) is 11.3 Å². The predicted octanol–water partition coefficient (Wildman–Crippen LogP) is 1.13. The monoisotopic (exact) mass is 287 g/mol. The summed E-state index contributed by atoms with van der Waals surface area (Å²) in [6, 6.07) is 3.33. The molecule has 3 N–H and O–H groups in total. The van der Waals surface area contributed by atoms with E-state index in [1.165, 1.54) is 17.6 Å². The average molecular weight is 287 g/mol. The molecule has 1 heterocycles. The van der Waals surface area contributed by atoms with Crippen LogP contribution < -0.4 is 11.1 Å². The second-order valence-electron chi connectivity index (χ2n) is 4.01. The molecule has 0 saturated heterocycles. The standard InChI is InChI=1S/C11H17N3O2S2/c1-8(2)6-13-11(12)14-7-9-4-5-10(17-9)18(3,15)16/h4-5H,1,6-7H2,2-3H3,(H3,12,13,14). The number of nitrogens with zero attached hydrogens (tertiary/aromatic N) is 1. The Balaban J connectivity index is 2.61. The van der Waals surface area contributed by atoms with Crippen LogP contribution in [0.25, 0.3) is 0 Å². The van der Waals surface area contributed by atoms with Gasteiger partial charge in [-0.25, -0.2) is 13.4 Å². The van der Waals surface area contributed by atoms with Gasteiger partial charge in [0.2, 0.25) is 0 Å². The van der Waals surface area contributed by atoms with Crippen molar-refractivity contribution in [3.8, 4) is 0 Å². The summed E-state index contributed by atoms with van der Waals surface area (Å²) < 4.78 is 22.9. The van der Waals surface area contributed by atoms with Crippen molar-refractivity contribution < 1.29 is 8.42 Å². The summed E-state index contributed by atoms with van der Waals surface area (Å²) in [5.74, 6) is 0.326. The van der Waals surface area contributed by atoms with Crippen LogP contribution in [0.2, 0.25) is 0 Å². The van der Waals surface area contributed by atoms with E-state index in [9.17, 15) is 8.42 Å². The van der Waals surface area contributed by atoms with E-state index in [-0.39, 0.29) is 0 Å². The third-order valence-electron chi connectivity index (χ3n) is 1.98. The molecule has 5 nitrogen and oxygen atoms in total. The summed E-state index contributed by atoms with van der Waals surface area (Å²) in [7, 11) is -3.13. The van der Waals surface area contributed by atoms with Gasteiger partial charge in [0.15, 0.2) is 15.8 Å². The van der Waals surface area contributed by atoms with Crippen molar-refractivity contribution in [2.24, 2.45) is 10.7 Å². The van der Waals surface area contributed by atoms with Crippen LogP contribution in [0.15, 0.2) is 33.5 Å². The molecule has 0 unspecified atom stereocenters. The summed E-state index contributed by atoms with van der Waals surface area (Å²) in [6.45, 7) is 6.57. The van der Waals surface area contributed by atoms with Gasteiger partial charge in [-0.2, -0.15) is 0 Å². The van der Waals surface area contributed by atoms with E-state index < -0.39 is 9.84 Å². The van der Waals surface area contributed by atoms with E-state index in [4.69, 9.17) is 5.73 Å². The van der Waals surface area contributed by atoms with E-state index in [0.717, 1.165) is 10.5 Å². The van der Waals surface area contributed by atoms with Gasteiger partial charge in [0, 0.05) is 17.7 Å². The van der Waals surface area contributed by atoms with E-state index in [2.05, 4.69) is 16.9 Å². The molecule has 1 aromatic rings. The molecule has 0 aromatic carbocycles. The summed E-state index contributed by atoms with van der Waals surface area (Å²) >= 11 is 1.21. The Morgan fingerprint density at radius 1 is 1.56 bits per heavy atom. The molecule has 0 aliphatic rings. The van der Waals surface area contributed by atoms with Crippen LogP contribution in [0.5, 0.6) is 0 Å². The third-order valence-corrected chi connectivity index (χ3v) is 4.87. The highest BCUT2D eigenvalue weighted by atomic mass is 32.2. The first kappa shape index (κ1) is 14.7. The first-order chi connectivity index (χ1) is 8.29. The first-order valence-electron chi connectivity index (χ1n) is 5.26. The molecule has 0 spiro atoms. The highest BCUT2D eigenvalue weighted by Gasteiger charge is 2.10. The minimum Gasteiger partial charge on any atom is -0.370 e. The van der Waals surface area contributed by atoms with Gasteiger partial charge < -0.3 is 11.1 Å². The lowest BCUT2D eigenvalue weighted by molar-refractivity contribution is 0.604. The lowest BCUT2D eigenvalue weighted by atomic mass is 10.3. The maximum absolute atomic E-state index is 11.3. The lowest BCUT2D eigenvalue weighted by Gasteiger charge is -2.03. The Labute approximate surface area is 111 Å². The molecule has 0 radical (unpaired) electrons. The molecule has 0 bridgehead atoms. The maximum Gasteiger partial charge on any atom is 0.189 e. The van der Waals surface area contributed by atoms with Crippen molar-refractivity contribution in [1.82, 2.24) is 5.32 Å². The summed E-state index contributed by atoms with van der Waals surface area (Å²) in [5, 5.41) is 2.90. The number of hydrogen-bond acceptors (Lipinski definition) is 4. The molecular weight excluding hydrogens is 270 g/mol. The van der Waals surface area contributed by atoms with Crippen molar-refractivity contribution in [3.63, 3.8) is 0 Å². The molecule has 1 aromatic heterocycles. The Kier molecular flexibility index (Phi) is 4.92. The Hall–Kier alpha value is -1.34. The number of nitrogens with two attached hydrogens (primary N) is 1. The van der Waals surface area contributed by atoms with Gasteiger partial charge in [-0.1, -0.05) is 12.2 Å². The summed E-state index contributed by atoms with van der Waals surface area (Å²) in [6.07, 6.45) is 1.19. The molecule has 0 atom stereocenters. The second-order valence-corrected chi connectivity index (χ2v) is 7.42. The molecule has 0 amide bonds. The predicted molar refractivity (Wildman–Crippen MR) is 75.6 cm³/mol. The molecule has 18 heavy (non-hydrogen) atoms. The van der Waals surface area contributed by atoms with Gasteiger partial charge in [-0.3, -0.25) is 0 Å². The zero-order valence-corrected chi connectivity index (χ0v) is 12.1. The molecule has 0 aliphatic heterocycles. The van der Waals surface area contributed by atoms with Crippen LogP contribution in [0.4, 0.5) is 0 Å². The van der Waals surface area contributed by atoms with E-state index in [1.54, 1.807) is 12.1 Å². The minimum atomic E-state index is -3.13. The molecule has 0 aliphatic carbocycles. The average Bonchev–Trinajstić information content (AvgIpc) is 2.71. The normalized spacial score (nSPS) is 12.4. The SMILES string of the molecule is C=C(C)CNC(N)=NCc1ccc(S(C)(=O)=O)s1. The highest BCUT2D eigenvalue weighted by molar-refractivity contribution is 7.92. The van der Waals surface area contributed by atoms with Crippen molar-refractivity contribution in [2.75, 3.05) is 12.8 Å². The Bertz CT molecular complexity index is 559. The van der Waals surface area contributed by atoms with Crippen LogP contribution in [0, 0.1) is 0 Å². The van der Waals surface area contributed by atoms with Crippen molar-refractivity contribution in [2.45, 2.75) is 17.7 Å². The minimum absolute atomic E-state index is 0.326. The smallest absolute Gasteiger partial charge is 0.189 e. The van der Waals surface area contributed by atoms with Gasteiger partial charge in [0.25, 0.3) is 0 Å². The van der Waals surface area contributed by atoms with Crippen LogP contribution in [0.3, 0.4) is 0 Å². The molecule has 0 saturated carbocycles. The maximum atomic E-state index is 11.3. The van der Waals surface area contributed by atoms with Gasteiger partial charge >= 0.3 is 0 Å². The van der Waals surface area contributed by atoms with Crippen molar-refractivity contribution >= 4 is 27.1 Å². The van der Waals surface area contributed by atoms with Crippen LogP contribution in [0.1, 0.15) is 11.8 Å². The number of thiophene rings is 1. The quantitative estimate of drug-likeness (QED) is 0.483. The van der Waals surface area contributed by atoms with Crippen LogP contribution in [-0.4, -0.2) is 27.2 Å². The van der Waals surface area contributed by atoms with Crippen molar-refractivity contribution in [1.29, 1.82) is 0 Å². The third kappa shape index (κ3) is 4.89. The first-order valence-corrected chi connectivity index (χ1v) is 7.97. The fourth-order valence-electron chi connectivity index (χ4n) is 1.10. The molecule has 7 heteroatoms. The number of aliphatic imine (C=N–C) groups is 1. The molecule has 1 rings (SSSR count). The summed E-state index contributed by atoms with van der Waals surface area (Å²) in [5.41, 5.74) is 6.61. The van der Waals surface area contributed by atoms with Gasteiger partial charge in [-0.05, 0) is 19.1 Å². The Morgan fingerprint density at radius 2 is 2.22 bits per heavy atom. The fourth-order valence-corrected chi connectivity index (χ4v) is 3.00. The topological polar surface area (TPSA) is 84.5 Å². The number of guanidine groups is 1. The van der Waals surface area contributed by atoms with E-state index in [0.29, 0.717) is 23.3 Å². The van der Waals surface area contributed by atoms with Gasteiger partial charge in [0.1, 0.15) is 4.21 Å². The number of sulfone groups is 1. The summed E-state index contributed by atoms with van der Waals surface area (Å²) in [4.78, 5) is 4.98. The fraction of sp³-hybridized carbons (Fsp3) is 0.364. The van der Waals surface area contributed by atoms with Crippen LogP contribution >= 0.6 is 11.3 Å². The zero-order valence-electron chi connectivity index (χ0n) is 10.4. The number of nitrogens with one attached hydrogen (secondary N) is 1. The molecule has 0 fully saturated rings. The van der Waals surface area contributed by atoms with Crippen LogP contribution in [-0.2, 0) is 16.4 Å². The van der Waals surface area contributed by atoms with Gasteiger partial charge in [0.05, 0.1) is 6.54 Å². The molecule has 100 valence electrons. The second kappa shape index (κ2) is 6.01. The van der Waals surface area contributed by atoms with E-state index >= 15 is 0 Å². The largest absolute Gasteiger partial charge is 0.370 e. The van der Waals surface area contributed by atoms with E-state index in [1.807, 2.05) is 6.92 Å². The zero-order chi connectivity index (χ0) is 13.8. The highest BCUT2D eigenvalue weighted by Crippen LogP contribution is 2.21.